The van der Waals surface area contributed by atoms with Crippen LogP contribution in [0.5, 0.6) is 11.5 Å². The molecule has 2 rings (SSSR count). The molecule has 0 aromatic heterocycles. The van der Waals surface area contributed by atoms with Crippen molar-refractivity contribution < 1.29 is 14.6 Å². The number of ether oxygens (including phenoxy) is 2. The average Bonchev–Trinajstić information content (AvgIpc) is 2.79. The zero-order valence-electron chi connectivity index (χ0n) is 20.5. The highest BCUT2D eigenvalue weighted by molar-refractivity contribution is 5.43. The van der Waals surface area contributed by atoms with Crippen LogP contribution in [0.4, 0.5) is 0 Å². The lowest BCUT2D eigenvalue weighted by molar-refractivity contribution is 0.0732. The molecule has 0 saturated carbocycles. The highest BCUT2D eigenvalue weighted by Gasteiger charge is 2.13. The average molecular weight is 444 g/mol. The van der Waals surface area contributed by atoms with Crippen molar-refractivity contribution >= 4 is 0 Å². The van der Waals surface area contributed by atoms with Crippen molar-refractivity contribution in [2.24, 2.45) is 0 Å². The Morgan fingerprint density at radius 2 is 1.53 bits per heavy atom. The van der Waals surface area contributed by atoms with Gasteiger partial charge in [0.15, 0.2) is 11.5 Å². The van der Waals surface area contributed by atoms with Gasteiger partial charge in [0.2, 0.25) is 0 Å². The quantitative estimate of drug-likeness (QED) is 0.456. The molecule has 32 heavy (non-hydrogen) atoms. The van der Waals surface area contributed by atoms with E-state index < -0.39 is 6.10 Å². The lowest BCUT2D eigenvalue weighted by Crippen LogP contribution is -2.33. The van der Waals surface area contributed by atoms with Gasteiger partial charge in [0.25, 0.3) is 0 Å². The van der Waals surface area contributed by atoms with Crippen LogP contribution in [0.15, 0.2) is 48.5 Å². The highest BCUT2D eigenvalue weighted by atomic mass is 16.5. The Hall–Kier alpha value is -2.12. The maximum atomic E-state index is 10.5. The maximum Gasteiger partial charge on any atom is 0.161 e. The molecule has 0 amide bonds. The van der Waals surface area contributed by atoms with Gasteiger partial charge in [-0.1, -0.05) is 50.2 Å². The minimum atomic E-state index is -0.589. The van der Waals surface area contributed by atoms with Crippen molar-refractivity contribution in [1.29, 1.82) is 0 Å². The van der Waals surface area contributed by atoms with Gasteiger partial charge in [0, 0.05) is 32.7 Å². The number of nitrogens with zero attached hydrogens (tertiary/aromatic N) is 3. The summed E-state index contributed by atoms with van der Waals surface area (Å²) in [4.78, 5) is 6.84. The third kappa shape index (κ3) is 9.17. The van der Waals surface area contributed by atoms with Crippen LogP contribution in [0.25, 0.3) is 0 Å². The van der Waals surface area contributed by atoms with E-state index in [4.69, 9.17) is 9.47 Å². The van der Waals surface area contributed by atoms with Crippen molar-refractivity contribution in [3.05, 3.63) is 59.7 Å². The second-order valence-electron chi connectivity index (χ2n) is 8.40. The molecule has 0 aliphatic heterocycles. The minimum Gasteiger partial charge on any atom is -0.493 e. The number of benzene rings is 2. The predicted molar refractivity (Wildman–Crippen MR) is 131 cm³/mol. The van der Waals surface area contributed by atoms with Gasteiger partial charge < -0.3 is 24.4 Å². The number of hydrogen-bond donors (Lipinski definition) is 1. The summed E-state index contributed by atoms with van der Waals surface area (Å²) in [7, 11) is 5.79. The Morgan fingerprint density at radius 1 is 0.844 bits per heavy atom. The van der Waals surface area contributed by atoms with E-state index in [1.807, 2.05) is 37.4 Å². The van der Waals surface area contributed by atoms with Gasteiger partial charge in [-0.25, -0.2) is 0 Å². The molecule has 0 heterocycles. The molecule has 0 radical (unpaired) electrons. The van der Waals surface area contributed by atoms with Crippen LogP contribution in [0.3, 0.4) is 0 Å². The van der Waals surface area contributed by atoms with Crippen LogP contribution >= 0.6 is 0 Å². The molecule has 0 saturated heterocycles. The molecule has 1 N–H and O–H groups in total. The molecule has 6 heteroatoms. The smallest absolute Gasteiger partial charge is 0.161 e. The van der Waals surface area contributed by atoms with Gasteiger partial charge in [-0.15, -0.1) is 0 Å². The first kappa shape index (κ1) is 26.1. The van der Waals surface area contributed by atoms with Gasteiger partial charge in [0.05, 0.1) is 7.11 Å². The fourth-order valence-corrected chi connectivity index (χ4v) is 3.73. The molecular formula is C26H41N3O3. The van der Waals surface area contributed by atoms with Crippen LogP contribution in [-0.2, 0) is 13.1 Å². The van der Waals surface area contributed by atoms with Gasteiger partial charge in [-0.2, -0.15) is 0 Å². The molecule has 6 nitrogen and oxygen atoms in total. The molecule has 1 atom stereocenters. The Morgan fingerprint density at radius 3 is 2.19 bits per heavy atom. The molecule has 0 aliphatic carbocycles. The summed E-state index contributed by atoms with van der Waals surface area (Å²) < 4.78 is 11.4. The van der Waals surface area contributed by atoms with E-state index in [0.29, 0.717) is 18.0 Å². The van der Waals surface area contributed by atoms with E-state index in [1.54, 1.807) is 7.11 Å². The van der Waals surface area contributed by atoms with E-state index in [0.717, 1.165) is 39.3 Å². The summed E-state index contributed by atoms with van der Waals surface area (Å²) in [6.07, 6.45) is -0.589. The monoisotopic (exact) mass is 443 g/mol. The molecular weight excluding hydrogens is 402 g/mol. The standard InChI is InChI=1S/C26H41N3O3/c1-6-29(7-2)16-15-27(3)19-23-13-14-25(31-5)26(17-23)32-21-24(30)20-28(4)18-22-11-9-8-10-12-22/h8-14,17,24,30H,6-7,15-16,18-21H2,1-5H3. The van der Waals surface area contributed by atoms with Crippen LogP contribution in [0, 0.1) is 0 Å². The molecule has 2 aromatic rings. The van der Waals surface area contributed by atoms with Crippen LogP contribution in [0.2, 0.25) is 0 Å². The Kier molecular flexibility index (Phi) is 11.5. The van der Waals surface area contributed by atoms with Crippen molar-refractivity contribution in [3.63, 3.8) is 0 Å². The zero-order valence-corrected chi connectivity index (χ0v) is 20.5. The number of likely N-dealkylation sites (N-methyl/N-ethyl adjacent to an activating group) is 3. The van der Waals surface area contributed by atoms with Crippen molar-refractivity contribution in [2.75, 3.05) is 60.5 Å². The second kappa shape index (κ2) is 14.1. The van der Waals surface area contributed by atoms with Crippen LogP contribution < -0.4 is 9.47 Å². The summed E-state index contributed by atoms with van der Waals surface area (Å²) in [6, 6.07) is 16.3. The first-order valence-corrected chi connectivity index (χ1v) is 11.6. The summed E-state index contributed by atoms with van der Waals surface area (Å²) in [5.41, 5.74) is 2.39. The normalized spacial score (nSPS) is 12.5. The van der Waals surface area contributed by atoms with Gasteiger partial charge in [-0.05, 0) is 50.4 Å². The number of methoxy groups -OCH3 is 1. The first-order chi connectivity index (χ1) is 15.4. The molecule has 0 fully saturated rings. The van der Waals surface area contributed by atoms with E-state index in [-0.39, 0.29) is 6.61 Å². The summed E-state index contributed by atoms with van der Waals surface area (Å²) >= 11 is 0. The van der Waals surface area contributed by atoms with Crippen molar-refractivity contribution in [3.8, 4) is 11.5 Å². The van der Waals surface area contributed by atoms with E-state index in [2.05, 4.69) is 53.8 Å². The SMILES string of the molecule is CCN(CC)CCN(C)Cc1ccc(OC)c(OCC(O)CN(C)Cc2ccccc2)c1. The summed E-state index contributed by atoms with van der Waals surface area (Å²) in [5, 5.41) is 10.5. The molecule has 1 unspecified atom stereocenters. The lowest BCUT2D eigenvalue weighted by Gasteiger charge is -2.23. The van der Waals surface area contributed by atoms with Crippen LogP contribution in [-0.4, -0.2) is 86.4 Å². The first-order valence-electron chi connectivity index (χ1n) is 11.6. The number of rotatable bonds is 15. The minimum absolute atomic E-state index is 0.219. The van der Waals surface area contributed by atoms with E-state index >= 15 is 0 Å². The van der Waals surface area contributed by atoms with Crippen LogP contribution in [0.1, 0.15) is 25.0 Å². The van der Waals surface area contributed by atoms with Gasteiger partial charge >= 0.3 is 0 Å². The Labute approximate surface area is 194 Å². The zero-order chi connectivity index (χ0) is 23.3. The Balaban J connectivity index is 1.87. The highest BCUT2D eigenvalue weighted by Crippen LogP contribution is 2.28. The van der Waals surface area contributed by atoms with E-state index in [9.17, 15) is 5.11 Å². The van der Waals surface area contributed by atoms with Gasteiger partial charge in [-0.3, -0.25) is 4.90 Å². The molecule has 0 bridgehead atoms. The summed E-state index contributed by atoms with van der Waals surface area (Å²) in [5.74, 6) is 1.36. The second-order valence-corrected chi connectivity index (χ2v) is 8.40. The molecule has 178 valence electrons. The van der Waals surface area contributed by atoms with Gasteiger partial charge in [0.1, 0.15) is 12.7 Å². The molecule has 0 spiro atoms. The Bertz CT molecular complexity index is 768. The fraction of sp³-hybridized carbons (Fsp3) is 0.538. The lowest BCUT2D eigenvalue weighted by atomic mass is 10.2. The van der Waals surface area contributed by atoms with Crippen molar-refractivity contribution in [1.82, 2.24) is 14.7 Å². The van der Waals surface area contributed by atoms with E-state index in [1.165, 1.54) is 11.1 Å². The third-order valence-electron chi connectivity index (χ3n) is 5.62. The topological polar surface area (TPSA) is 48.4 Å². The third-order valence-corrected chi connectivity index (χ3v) is 5.62. The fourth-order valence-electron chi connectivity index (χ4n) is 3.73. The summed E-state index contributed by atoms with van der Waals surface area (Å²) in [6.45, 7) is 11.0. The number of hydrogen-bond acceptors (Lipinski definition) is 6. The molecule has 2 aromatic carbocycles. The predicted octanol–water partition coefficient (Wildman–Crippen LogP) is 3.34. The molecule has 0 aliphatic rings. The largest absolute Gasteiger partial charge is 0.493 e. The van der Waals surface area contributed by atoms with Crippen molar-refractivity contribution in [2.45, 2.75) is 33.0 Å². The maximum absolute atomic E-state index is 10.5. The number of aliphatic hydroxyl groups excluding tert-OH is 1. The number of aliphatic hydroxyl groups is 1.